The van der Waals surface area contributed by atoms with Crippen molar-refractivity contribution in [1.82, 2.24) is 9.97 Å². The van der Waals surface area contributed by atoms with Crippen LogP contribution in [-0.4, -0.2) is 16.1 Å². The first kappa shape index (κ1) is 18.0. The van der Waals surface area contributed by atoms with Crippen LogP contribution in [0.5, 0.6) is 5.75 Å². The summed E-state index contributed by atoms with van der Waals surface area (Å²) < 4.78 is 5.82. The first-order chi connectivity index (χ1) is 12.5. The van der Waals surface area contributed by atoms with Crippen molar-refractivity contribution in [1.29, 1.82) is 0 Å². The average Bonchev–Trinajstić information content (AvgIpc) is 2.60. The SMILES string of the molecule is Cc1ccc(Cl)cc1Nc1ccnc(Nc2ccccc2OC(C)C)n1. The molecule has 0 aliphatic rings. The van der Waals surface area contributed by atoms with Crippen LogP contribution < -0.4 is 15.4 Å². The summed E-state index contributed by atoms with van der Waals surface area (Å²) in [5.41, 5.74) is 2.81. The molecule has 3 rings (SSSR count). The van der Waals surface area contributed by atoms with Crippen molar-refractivity contribution in [2.75, 3.05) is 10.6 Å². The second kappa shape index (κ2) is 8.06. The molecule has 3 aromatic rings. The van der Waals surface area contributed by atoms with E-state index in [1.54, 1.807) is 6.20 Å². The van der Waals surface area contributed by atoms with Gasteiger partial charge in [0.15, 0.2) is 0 Å². The number of aromatic nitrogens is 2. The van der Waals surface area contributed by atoms with Gasteiger partial charge in [-0.2, -0.15) is 4.98 Å². The summed E-state index contributed by atoms with van der Waals surface area (Å²) in [5, 5.41) is 7.17. The lowest BCUT2D eigenvalue weighted by Crippen LogP contribution is -2.08. The van der Waals surface area contributed by atoms with E-state index in [0.717, 1.165) is 22.7 Å². The molecule has 0 unspecified atom stereocenters. The van der Waals surface area contributed by atoms with Gasteiger partial charge in [0, 0.05) is 16.9 Å². The van der Waals surface area contributed by atoms with Crippen LogP contribution in [-0.2, 0) is 0 Å². The third-order valence-corrected chi connectivity index (χ3v) is 3.85. The molecule has 0 spiro atoms. The average molecular weight is 369 g/mol. The first-order valence-electron chi connectivity index (χ1n) is 8.40. The second-order valence-corrected chi connectivity index (χ2v) is 6.57. The second-order valence-electron chi connectivity index (χ2n) is 6.14. The Kier molecular flexibility index (Phi) is 5.58. The molecule has 1 aromatic heterocycles. The van der Waals surface area contributed by atoms with Crippen LogP contribution in [0.3, 0.4) is 0 Å². The number of para-hydroxylation sites is 2. The van der Waals surface area contributed by atoms with E-state index < -0.39 is 0 Å². The number of nitrogens with one attached hydrogen (secondary N) is 2. The molecule has 0 amide bonds. The van der Waals surface area contributed by atoms with E-state index in [-0.39, 0.29) is 6.10 Å². The Hall–Kier alpha value is -2.79. The molecular weight excluding hydrogens is 348 g/mol. The van der Waals surface area contributed by atoms with Crippen LogP contribution in [0.4, 0.5) is 23.1 Å². The zero-order valence-electron chi connectivity index (χ0n) is 15.0. The molecule has 2 aromatic carbocycles. The number of nitrogens with zero attached hydrogens (tertiary/aromatic N) is 2. The maximum absolute atomic E-state index is 6.08. The number of aryl methyl sites for hydroxylation is 1. The van der Waals surface area contributed by atoms with E-state index in [1.807, 2.05) is 69.3 Å². The smallest absolute Gasteiger partial charge is 0.229 e. The Morgan fingerprint density at radius 2 is 1.81 bits per heavy atom. The normalized spacial score (nSPS) is 10.7. The van der Waals surface area contributed by atoms with Crippen LogP contribution in [0.25, 0.3) is 0 Å². The summed E-state index contributed by atoms with van der Waals surface area (Å²) in [4.78, 5) is 8.82. The number of halogens is 1. The van der Waals surface area contributed by atoms with E-state index in [0.29, 0.717) is 16.8 Å². The van der Waals surface area contributed by atoms with Crippen molar-refractivity contribution in [2.24, 2.45) is 0 Å². The number of rotatable bonds is 6. The van der Waals surface area contributed by atoms with Crippen molar-refractivity contribution < 1.29 is 4.74 Å². The molecule has 134 valence electrons. The monoisotopic (exact) mass is 368 g/mol. The lowest BCUT2D eigenvalue weighted by atomic mass is 10.2. The molecule has 2 N–H and O–H groups in total. The Labute approximate surface area is 158 Å². The number of hydrogen-bond donors (Lipinski definition) is 2. The van der Waals surface area contributed by atoms with E-state index in [1.165, 1.54) is 0 Å². The fraction of sp³-hybridized carbons (Fsp3) is 0.200. The van der Waals surface area contributed by atoms with Gasteiger partial charge in [0.1, 0.15) is 11.6 Å². The van der Waals surface area contributed by atoms with Crippen LogP contribution in [0.2, 0.25) is 5.02 Å². The quantitative estimate of drug-likeness (QED) is 0.583. The first-order valence-corrected chi connectivity index (χ1v) is 8.78. The van der Waals surface area contributed by atoms with Crippen LogP contribution >= 0.6 is 11.6 Å². The fourth-order valence-corrected chi connectivity index (χ4v) is 2.57. The summed E-state index contributed by atoms with van der Waals surface area (Å²) in [7, 11) is 0. The molecule has 0 atom stereocenters. The Balaban J connectivity index is 1.81. The van der Waals surface area contributed by atoms with Crippen molar-refractivity contribution in [3.63, 3.8) is 0 Å². The molecule has 0 aliphatic heterocycles. The standard InChI is InChI=1S/C20H21ClN4O/c1-13(2)26-18-7-5-4-6-16(18)24-20-22-11-10-19(25-20)23-17-12-15(21)9-8-14(17)3/h4-13H,1-3H3,(H2,22,23,24,25). The fourth-order valence-electron chi connectivity index (χ4n) is 2.40. The molecule has 0 saturated heterocycles. The molecule has 26 heavy (non-hydrogen) atoms. The molecule has 0 aliphatic carbocycles. The van der Waals surface area contributed by atoms with Crippen molar-refractivity contribution >= 4 is 34.7 Å². The minimum absolute atomic E-state index is 0.0812. The maximum Gasteiger partial charge on any atom is 0.229 e. The highest BCUT2D eigenvalue weighted by Crippen LogP contribution is 2.28. The molecule has 0 saturated carbocycles. The number of ether oxygens (including phenoxy) is 1. The molecule has 0 radical (unpaired) electrons. The van der Waals surface area contributed by atoms with Gasteiger partial charge in [-0.15, -0.1) is 0 Å². The summed E-state index contributed by atoms with van der Waals surface area (Å²) in [6, 6.07) is 15.2. The highest BCUT2D eigenvalue weighted by Gasteiger charge is 2.08. The summed E-state index contributed by atoms with van der Waals surface area (Å²) >= 11 is 6.08. The molecule has 5 nitrogen and oxygen atoms in total. The Bertz CT molecular complexity index is 898. The van der Waals surface area contributed by atoms with E-state index in [2.05, 4.69) is 20.6 Å². The van der Waals surface area contributed by atoms with Gasteiger partial charge in [-0.1, -0.05) is 29.8 Å². The summed E-state index contributed by atoms with van der Waals surface area (Å²) in [6.45, 7) is 5.99. The predicted molar refractivity (Wildman–Crippen MR) is 107 cm³/mol. The van der Waals surface area contributed by atoms with Gasteiger partial charge in [0.05, 0.1) is 11.8 Å². The van der Waals surface area contributed by atoms with E-state index in [4.69, 9.17) is 16.3 Å². The van der Waals surface area contributed by atoms with Crippen molar-refractivity contribution in [3.05, 3.63) is 65.3 Å². The van der Waals surface area contributed by atoms with Gasteiger partial charge >= 0.3 is 0 Å². The number of benzene rings is 2. The Morgan fingerprint density at radius 1 is 1.00 bits per heavy atom. The number of hydrogen-bond acceptors (Lipinski definition) is 5. The zero-order valence-corrected chi connectivity index (χ0v) is 15.7. The van der Waals surface area contributed by atoms with Gasteiger partial charge in [0.25, 0.3) is 0 Å². The maximum atomic E-state index is 6.08. The molecule has 1 heterocycles. The third kappa shape index (κ3) is 4.64. The largest absolute Gasteiger partial charge is 0.489 e. The summed E-state index contributed by atoms with van der Waals surface area (Å²) in [5.74, 6) is 1.92. The minimum atomic E-state index is 0.0812. The molecule has 0 bridgehead atoms. The molecular formula is C20H21ClN4O. The number of anilines is 4. The van der Waals surface area contributed by atoms with Crippen molar-refractivity contribution in [3.8, 4) is 5.75 Å². The van der Waals surface area contributed by atoms with E-state index in [9.17, 15) is 0 Å². The third-order valence-electron chi connectivity index (χ3n) is 3.61. The van der Waals surface area contributed by atoms with Crippen LogP contribution in [0.15, 0.2) is 54.7 Å². The minimum Gasteiger partial charge on any atom is -0.489 e. The van der Waals surface area contributed by atoms with Gasteiger partial charge in [-0.05, 0) is 56.7 Å². The lowest BCUT2D eigenvalue weighted by Gasteiger charge is -2.15. The topological polar surface area (TPSA) is 59.1 Å². The van der Waals surface area contributed by atoms with Gasteiger partial charge < -0.3 is 15.4 Å². The van der Waals surface area contributed by atoms with E-state index >= 15 is 0 Å². The van der Waals surface area contributed by atoms with Gasteiger partial charge in [-0.3, -0.25) is 0 Å². The predicted octanol–water partition coefficient (Wildman–Crippen LogP) is 5.71. The molecule has 6 heteroatoms. The van der Waals surface area contributed by atoms with Gasteiger partial charge in [0.2, 0.25) is 5.95 Å². The highest BCUT2D eigenvalue weighted by molar-refractivity contribution is 6.30. The lowest BCUT2D eigenvalue weighted by molar-refractivity contribution is 0.244. The van der Waals surface area contributed by atoms with Crippen molar-refractivity contribution in [2.45, 2.75) is 26.9 Å². The zero-order chi connectivity index (χ0) is 18.5. The highest BCUT2D eigenvalue weighted by atomic mass is 35.5. The van der Waals surface area contributed by atoms with Gasteiger partial charge in [-0.25, -0.2) is 4.98 Å². The molecule has 0 fully saturated rings. The van der Waals surface area contributed by atoms with Crippen LogP contribution in [0.1, 0.15) is 19.4 Å². The summed E-state index contributed by atoms with van der Waals surface area (Å²) in [6.07, 6.45) is 1.78. The Morgan fingerprint density at radius 3 is 2.62 bits per heavy atom. The van der Waals surface area contributed by atoms with Crippen LogP contribution in [0, 0.1) is 6.92 Å².